The molecule has 7 nitrogen and oxygen atoms in total. The summed E-state index contributed by atoms with van der Waals surface area (Å²) < 4.78 is 27.7. The number of benzene rings is 3. The van der Waals surface area contributed by atoms with E-state index in [2.05, 4.69) is 21.2 Å². The summed E-state index contributed by atoms with van der Waals surface area (Å²) >= 11 is 3.45. The molecule has 0 unspecified atom stereocenters. The summed E-state index contributed by atoms with van der Waals surface area (Å²) in [6.07, 6.45) is 5.36. The third-order valence-electron chi connectivity index (χ3n) is 7.24. The molecule has 1 fully saturated rings. The van der Waals surface area contributed by atoms with Crippen LogP contribution in [-0.2, 0) is 32.6 Å². The molecule has 0 heterocycles. The van der Waals surface area contributed by atoms with Crippen LogP contribution in [0.1, 0.15) is 42.4 Å². The van der Waals surface area contributed by atoms with Crippen LogP contribution in [0.15, 0.2) is 83.3 Å². The largest absolute Gasteiger partial charge is 0.352 e. The predicted octanol–water partition coefficient (Wildman–Crippen LogP) is 5.22. The van der Waals surface area contributed by atoms with Crippen LogP contribution in [0.4, 0.5) is 5.69 Å². The average Bonchev–Trinajstić information content (AvgIpc) is 3.44. The zero-order chi connectivity index (χ0) is 28.7. The first-order valence-corrected chi connectivity index (χ1v) is 16.2. The first-order valence-electron chi connectivity index (χ1n) is 13.5. The molecule has 0 saturated heterocycles. The zero-order valence-corrected chi connectivity index (χ0v) is 25.3. The maximum atomic E-state index is 14.1. The molecule has 1 saturated carbocycles. The van der Waals surface area contributed by atoms with Crippen molar-refractivity contribution in [2.75, 3.05) is 17.1 Å². The Morgan fingerprint density at radius 3 is 2.15 bits per heavy atom. The molecule has 1 atom stereocenters. The van der Waals surface area contributed by atoms with Crippen molar-refractivity contribution < 1.29 is 18.0 Å². The fourth-order valence-corrected chi connectivity index (χ4v) is 6.15. The van der Waals surface area contributed by atoms with E-state index < -0.39 is 28.5 Å². The molecule has 9 heteroatoms. The lowest BCUT2D eigenvalue weighted by Crippen LogP contribution is -2.54. The maximum Gasteiger partial charge on any atom is 0.244 e. The number of hydrogen-bond acceptors (Lipinski definition) is 4. The third-order valence-corrected chi connectivity index (χ3v) is 8.91. The Hall–Kier alpha value is -3.17. The Balaban J connectivity index is 1.71. The highest BCUT2D eigenvalue weighted by atomic mass is 79.9. The summed E-state index contributed by atoms with van der Waals surface area (Å²) in [5, 5.41) is 3.18. The maximum absolute atomic E-state index is 14.1. The van der Waals surface area contributed by atoms with Gasteiger partial charge in [-0.1, -0.05) is 88.9 Å². The van der Waals surface area contributed by atoms with Gasteiger partial charge in [0.15, 0.2) is 0 Å². The van der Waals surface area contributed by atoms with E-state index in [0.29, 0.717) is 12.1 Å². The van der Waals surface area contributed by atoms with Gasteiger partial charge in [-0.25, -0.2) is 8.42 Å². The molecule has 0 radical (unpaired) electrons. The van der Waals surface area contributed by atoms with Gasteiger partial charge in [0.1, 0.15) is 12.6 Å². The van der Waals surface area contributed by atoms with Crippen LogP contribution >= 0.6 is 15.9 Å². The molecule has 3 aromatic rings. The van der Waals surface area contributed by atoms with Gasteiger partial charge in [0.25, 0.3) is 0 Å². The molecule has 1 aliphatic rings. The summed E-state index contributed by atoms with van der Waals surface area (Å²) in [5.74, 6) is -0.668. The van der Waals surface area contributed by atoms with Crippen LogP contribution in [0.2, 0.25) is 0 Å². The van der Waals surface area contributed by atoms with Gasteiger partial charge < -0.3 is 10.2 Å². The molecule has 2 amide bonds. The van der Waals surface area contributed by atoms with Crippen molar-refractivity contribution in [2.45, 2.75) is 57.7 Å². The van der Waals surface area contributed by atoms with Crippen molar-refractivity contribution in [1.82, 2.24) is 10.2 Å². The SMILES string of the molecule is Cc1ccc(N(CC(=O)N(Cc2ccc(Br)cc2)[C@H](Cc2ccccc2)C(=O)NC2CCCC2)S(C)(=O)=O)cc1. The number of amides is 2. The minimum atomic E-state index is -3.78. The molecule has 4 rings (SSSR count). The predicted molar refractivity (Wildman–Crippen MR) is 162 cm³/mol. The molecule has 1 N–H and O–H groups in total. The molecule has 1 aliphatic carbocycles. The Morgan fingerprint density at radius 1 is 0.925 bits per heavy atom. The molecule has 0 aliphatic heterocycles. The summed E-state index contributed by atoms with van der Waals surface area (Å²) in [7, 11) is -3.78. The van der Waals surface area contributed by atoms with Crippen molar-refractivity contribution >= 4 is 43.5 Å². The number of halogens is 1. The van der Waals surface area contributed by atoms with Gasteiger partial charge in [0.05, 0.1) is 11.9 Å². The molecule has 0 spiro atoms. The van der Waals surface area contributed by atoms with Gasteiger partial charge in [-0.3, -0.25) is 13.9 Å². The van der Waals surface area contributed by atoms with Crippen LogP contribution in [-0.4, -0.2) is 50.0 Å². The topological polar surface area (TPSA) is 86.8 Å². The fourth-order valence-electron chi connectivity index (χ4n) is 5.03. The van der Waals surface area contributed by atoms with Crippen molar-refractivity contribution in [3.05, 3.63) is 100 Å². The van der Waals surface area contributed by atoms with Crippen LogP contribution < -0.4 is 9.62 Å². The van der Waals surface area contributed by atoms with Crippen molar-refractivity contribution in [3.63, 3.8) is 0 Å². The van der Waals surface area contributed by atoms with Gasteiger partial charge in [-0.2, -0.15) is 0 Å². The Morgan fingerprint density at radius 2 is 1.55 bits per heavy atom. The summed E-state index contributed by atoms with van der Waals surface area (Å²) in [6.45, 7) is 1.66. The number of anilines is 1. The number of nitrogens with one attached hydrogen (secondary N) is 1. The minimum absolute atomic E-state index is 0.0792. The van der Waals surface area contributed by atoms with Crippen LogP contribution in [0.3, 0.4) is 0 Å². The van der Waals surface area contributed by atoms with Gasteiger partial charge in [0.2, 0.25) is 21.8 Å². The molecule has 40 heavy (non-hydrogen) atoms. The van der Waals surface area contributed by atoms with E-state index in [1.807, 2.05) is 73.7 Å². The second kappa shape index (κ2) is 13.5. The quantitative estimate of drug-likeness (QED) is 0.316. The van der Waals surface area contributed by atoms with Crippen LogP contribution in [0.25, 0.3) is 0 Å². The number of hydrogen-bond donors (Lipinski definition) is 1. The van der Waals surface area contributed by atoms with Crippen LogP contribution in [0.5, 0.6) is 0 Å². The molecule has 3 aromatic carbocycles. The Bertz CT molecular complexity index is 1390. The zero-order valence-electron chi connectivity index (χ0n) is 22.9. The van der Waals surface area contributed by atoms with Gasteiger partial charge in [-0.15, -0.1) is 0 Å². The lowest BCUT2D eigenvalue weighted by atomic mass is 10.0. The number of sulfonamides is 1. The highest BCUT2D eigenvalue weighted by Gasteiger charge is 2.34. The first kappa shape index (κ1) is 29.8. The van der Waals surface area contributed by atoms with Gasteiger partial charge >= 0.3 is 0 Å². The summed E-state index contributed by atoms with van der Waals surface area (Å²) in [4.78, 5) is 29.5. The van der Waals surface area contributed by atoms with Gasteiger partial charge in [-0.05, 0) is 55.2 Å². The van der Waals surface area contributed by atoms with Gasteiger partial charge in [0, 0.05) is 23.5 Å². The van der Waals surface area contributed by atoms with E-state index in [9.17, 15) is 18.0 Å². The van der Waals surface area contributed by atoms with Crippen LogP contribution in [0, 0.1) is 6.92 Å². The fraction of sp³-hybridized carbons (Fsp3) is 0.355. The normalized spacial score (nSPS) is 14.5. The molecular weight excluding hydrogens is 590 g/mol. The molecular formula is C31H36BrN3O4S. The van der Waals surface area contributed by atoms with Crippen molar-refractivity contribution in [3.8, 4) is 0 Å². The monoisotopic (exact) mass is 625 g/mol. The smallest absolute Gasteiger partial charge is 0.244 e. The second-order valence-corrected chi connectivity index (χ2v) is 13.3. The molecule has 0 aromatic heterocycles. The standard InChI is InChI=1S/C31H36BrN3O4S/c1-23-12-18-28(19-13-23)35(40(2,38)39)22-30(36)34(21-25-14-16-26(32)17-15-25)29(20-24-8-4-3-5-9-24)31(37)33-27-10-6-7-11-27/h3-5,8-9,12-19,27,29H,6-7,10-11,20-22H2,1-2H3,(H,33,37)/t29-/m1/s1. The highest BCUT2D eigenvalue weighted by Crippen LogP contribution is 2.23. The lowest BCUT2D eigenvalue weighted by molar-refractivity contribution is -0.140. The highest BCUT2D eigenvalue weighted by molar-refractivity contribution is 9.10. The number of carbonyl (C=O) groups is 2. The lowest BCUT2D eigenvalue weighted by Gasteiger charge is -2.34. The minimum Gasteiger partial charge on any atom is -0.352 e. The van der Waals surface area contributed by atoms with E-state index in [-0.39, 0.29) is 18.5 Å². The van der Waals surface area contributed by atoms with Crippen molar-refractivity contribution in [1.29, 1.82) is 0 Å². The third kappa shape index (κ3) is 8.17. The van der Waals surface area contributed by atoms with E-state index in [1.54, 1.807) is 12.1 Å². The van der Waals surface area contributed by atoms with E-state index in [1.165, 1.54) is 4.90 Å². The first-order chi connectivity index (χ1) is 19.1. The Kier molecular flexibility index (Phi) is 10.0. The number of rotatable bonds is 11. The van der Waals surface area contributed by atoms with Crippen molar-refractivity contribution in [2.24, 2.45) is 0 Å². The van der Waals surface area contributed by atoms with E-state index in [4.69, 9.17) is 0 Å². The molecule has 212 valence electrons. The average molecular weight is 627 g/mol. The molecule has 0 bridgehead atoms. The summed E-state index contributed by atoms with van der Waals surface area (Å²) in [5.41, 5.74) is 3.14. The summed E-state index contributed by atoms with van der Waals surface area (Å²) in [6, 6.07) is 23.4. The second-order valence-electron chi connectivity index (χ2n) is 10.4. The Labute approximate surface area is 245 Å². The number of nitrogens with zero attached hydrogens (tertiary/aromatic N) is 2. The number of carbonyl (C=O) groups excluding carboxylic acids is 2. The van der Waals surface area contributed by atoms with E-state index in [0.717, 1.165) is 57.4 Å². The number of aryl methyl sites for hydroxylation is 1. The van der Waals surface area contributed by atoms with E-state index >= 15 is 0 Å².